The van der Waals surface area contributed by atoms with E-state index in [2.05, 4.69) is 34.9 Å². The van der Waals surface area contributed by atoms with Gasteiger partial charge in [-0.15, -0.1) is 0 Å². The fraction of sp³-hybridized carbons (Fsp3) is 0.226. The molecule has 1 aliphatic rings. The predicted octanol–water partition coefficient (Wildman–Crippen LogP) is 5.40. The third-order valence-electron chi connectivity index (χ3n) is 7.82. The topological polar surface area (TPSA) is 133 Å². The number of alkyl halides is 2. The van der Waals surface area contributed by atoms with Crippen LogP contribution in [0.25, 0.3) is 55.8 Å². The van der Waals surface area contributed by atoms with Gasteiger partial charge in [0, 0.05) is 61.3 Å². The van der Waals surface area contributed by atoms with Crippen molar-refractivity contribution in [1.82, 2.24) is 39.8 Å². The first-order valence-corrected chi connectivity index (χ1v) is 16.1. The van der Waals surface area contributed by atoms with Gasteiger partial charge in [0.2, 0.25) is 10.0 Å². The number of H-pyrrole nitrogens is 2. The van der Waals surface area contributed by atoms with Crippen LogP contribution < -0.4 is 4.72 Å². The first kappa shape index (κ1) is 30.0. The van der Waals surface area contributed by atoms with Gasteiger partial charge in [-0.05, 0) is 53.6 Å². The molecule has 1 fully saturated rings. The molecule has 5 heterocycles. The molecule has 46 heavy (non-hydrogen) atoms. The average Bonchev–Trinajstić information content (AvgIpc) is 3.72. The Hall–Kier alpha value is -4.73. The average molecular weight is 651 g/mol. The Morgan fingerprint density at radius 3 is 2.61 bits per heavy atom. The Bertz CT molecular complexity index is 2240. The van der Waals surface area contributed by atoms with Crippen molar-refractivity contribution in [2.75, 3.05) is 19.3 Å². The molecule has 0 saturated carbocycles. The molecule has 15 heteroatoms. The second-order valence-electron chi connectivity index (χ2n) is 11.4. The van der Waals surface area contributed by atoms with Crippen LogP contribution in [0, 0.1) is 11.6 Å². The first-order chi connectivity index (χ1) is 21.9. The number of imidazole rings is 1. The van der Waals surface area contributed by atoms with Crippen LogP contribution in [0.5, 0.6) is 0 Å². The van der Waals surface area contributed by atoms with Crippen molar-refractivity contribution in [2.45, 2.75) is 25.4 Å². The van der Waals surface area contributed by atoms with E-state index in [0.29, 0.717) is 44.5 Å². The molecular formula is C31H26F4N8O2S. The minimum absolute atomic E-state index is 0.112. The van der Waals surface area contributed by atoms with Gasteiger partial charge in [0.15, 0.2) is 5.82 Å². The standard InChI is InChI=1S/C31H26F4N8O2S/c1-46(44,45)38-13-17-8-19(11-21(32)10-17)27-28-24(4-6-37-27)39-30(40-28)29-25-23(41-42-29)3-2-22(26(25)33)20-9-18(12-36-14-20)15-43-7-5-31(34,35)16-43/h2-4,6,8-12,14,38H,5,7,13,15-16H2,1H3,(H,39,40)(H,41,42). The van der Waals surface area contributed by atoms with E-state index in [0.717, 1.165) is 6.26 Å². The maximum absolute atomic E-state index is 16.3. The Labute approximate surface area is 260 Å². The van der Waals surface area contributed by atoms with Crippen molar-refractivity contribution < 1.29 is 26.0 Å². The zero-order valence-corrected chi connectivity index (χ0v) is 25.1. The lowest BCUT2D eigenvalue weighted by molar-refractivity contribution is 0.0115. The number of pyridine rings is 2. The number of hydrogen-bond donors (Lipinski definition) is 3. The van der Waals surface area contributed by atoms with Crippen LogP contribution >= 0.6 is 0 Å². The van der Waals surface area contributed by atoms with E-state index in [4.69, 9.17) is 0 Å². The van der Waals surface area contributed by atoms with Gasteiger partial charge in [0.05, 0.1) is 34.9 Å². The number of nitrogens with one attached hydrogen (secondary N) is 3. The van der Waals surface area contributed by atoms with Gasteiger partial charge in [-0.2, -0.15) is 5.10 Å². The van der Waals surface area contributed by atoms with E-state index in [-0.39, 0.29) is 55.1 Å². The second kappa shape index (κ2) is 11.3. The molecule has 0 bridgehead atoms. The summed E-state index contributed by atoms with van der Waals surface area (Å²) in [5, 5.41) is 7.35. The zero-order chi connectivity index (χ0) is 32.2. The molecule has 10 nitrogen and oxygen atoms in total. The van der Waals surface area contributed by atoms with E-state index in [9.17, 15) is 21.6 Å². The molecule has 0 aliphatic carbocycles. The third-order valence-corrected chi connectivity index (χ3v) is 8.49. The van der Waals surface area contributed by atoms with Crippen molar-refractivity contribution >= 4 is 32.0 Å². The molecular weight excluding hydrogens is 624 g/mol. The molecule has 4 aromatic heterocycles. The lowest BCUT2D eigenvalue weighted by Crippen LogP contribution is -2.24. The van der Waals surface area contributed by atoms with Crippen molar-refractivity contribution in [3.05, 3.63) is 83.8 Å². The minimum Gasteiger partial charge on any atom is -0.336 e. The highest BCUT2D eigenvalue weighted by Crippen LogP contribution is 2.36. The van der Waals surface area contributed by atoms with Gasteiger partial charge in [0.25, 0.3) is 5.92 Å². The van der Waals surface area contributed by atoms with E-state index < -0.39 is 27.6 Å². The van der Waals surface area contributed by atoms with Crippen LogP contribution in [0.15, 0.2) is 61.1 Å². The normalized spacial score (nSPS) is 15.3. The Morgan fingerprint density at radius 1 is 1.00 bits per heavy atom. The lowest BCUT2D eigenvalue weighted by Gasteiger charge is -2.16. The molecule has 0 amide bonds. The van der Waals surface area contributed by atoms with Crippen LogP contribution in [-0.4, -0.2) is 68.7 Å². The quantitative estimate of drug-likeness (QED) is 0.188. The Morgan fingerprint density at radius 2 is 1.83 bits per heavy atom. The number of fused-ring (bicyclic) bond motifs is 2. The number of sulfonamides is 1. The minimum atomic E-state index is -3.50. The predicted molar refractivity (Wildman–Crippen MR) is 164 cm³/mol. The molecule has 1 aliphatic heterocycles. The monoisotopic (exact) mass is 650 g/mol. The van der Waals surface area contributed by atoms with Crippen LogP contribution in [0.4, 0.5) is 17.6 Å². The number of likely N-dealkylation sites (tertiary alicyclic amines) is 1. The number of hydrogen-bond acceptors (Lipinski definition) is 7. The van der Waals surface area contributed by atoms with Gasteiger partial charge in [-0.3, -0.25) is 20.0 Å². The van der Waals surface area contributed by atoms with E-state index in [1.807, 2.05) is 0 Å². The highest BCUT2D eigenvalue weighted by Gasteiger charge is 2.38. The highest BCUT2D eigenvalue weighted by molar-refractivity contribution is 7.88. The van der Waals surface area contributed by atoms with Crippen LogP contribution in [0.1, 0.15) is 17.5 Å². The Kier molecular flexibility index (Phi) is 7.33. The summed E-state index contributed by atoms with van der Waals surface area (Å²) in [4.78, 5) is 18.1. The molecule has 0 spiro atoms. The van der Waals surface area contributed by atoms with Gasteiger partial charge in [0.1, 0.15) is 22.8 Å². The fourth-order valence-electron chi connectivity index (χ4n) is 5.75. The van der Waals surface area contributed by atoms with Gasteiger partial charge in [-0.25, -0.2) is 35.7 Å². The smallest absolute Gasteiger partial charge is 0.261 e. The molecule has 3 N–H and O–H groups in total. The molecule has 236 valence electrons. The highest BCUT2D eigenvalue weighted by atomic mass is 32.2. The number of aromatic nitrogens is 6. The maximum atomic E-state index is 16.3. The van der Waals surface area contributed by atoms with Gasteiger partial charge < -0.3 is 4.98 Å². The van der Waals surface area contributed by atoms with Crippen LogP contribution in [-0.2, 0) is 23.1 Å². The molecule has 0 atom stereocenters. The molecule has 6 aromatic rings. The summed E-state index contributed by atoms with van der Waals surface area (Å²) in [6, 6.07) is 10.8. The largest absolute Gasteiger partial charge is 0.336 e. The Balaban J connectivity index is 1.25. The number of halogens is 4. The van der Waals surface area contributed by atoms with Crippen LogP contribution in [0.3, 0.4) is 0 Å². The molecule has 1 saturated heterocycles. The third kappa shape index (κ3) is 5.96. The molecule has 0 unspecified atom stereocenters. The molecule has 2 aromatic carbocycles. The summed E-state index contributed by atoms with van der Waals surface area (Å²) >= 11 is 0. The van der Waals surface area contributed by atoms with E-state index in [1.54, 1.807) is 41.4 Å². The summed E-state index contributed by atoms with van der Waals surface area (Å²) in [6.45, 7) is 0.101. The van der Waals surface area contributed by atoms with Gasteiger partial charge >= 0.3 is 0 Å². The summed E-state index contributed by atoms with van der Waals surface area (Å²) in [6.07, 6.45) is 5.44. The second-order valence-corrected chi connectivity index (χ2v) is 13.2. The van der Waals surface area contributed by atoms with Crippen molar-refractivity contribution in [2.24, 2.45) is 0 Å². The summed E-state index contributed by atoms with van der Waals surface area (Å²) in [5.74, 6) is -3.63. The SMILES string of the molecule is CS(=O)(=O)NCc1cc(F)cc(-c2nccc3[nH]c(-c4n[nH]c5ccc(-c6cncc(CN7CCC(F)(F)C7)c6)c(F)c45)nc23)c1. The lowest BCUT2D eigenvalue weighted by atomic mass is 10.0. The number of nitrogens with zero attached hydrogens (tertiary/aromatic N) is 5. The van der Waals surface area contributed by atoms with Crippen molar-refractivity contribution in [3.63, 3.8) is 0 Å². The number of aromatic amines is 2. The van der Waals surface area contributed by atoms with Gasteiger partial charge in [-0.1, -0.05) is 0 Å². The van der Waals surface area contributed by atoms with Crippen molar-refractivity contribution in [1.29, 1.82) is 0 Å². The maximum Gasteiger partial charge on any atom is 0.261 e. The summed E-state index contributed by atoms with van der Waals surface area (Å²) in [5.41, 5.74) is 4.07. The zero-order valence-electron chi connectivity index (χ0n) is 24.3. The van der Waals surface area contributed by atoms with Crippen molar-refractivity contribution in [3.8, 4) is 33.9 Å². The summed E-state index contributed by atoms with van der Waals surface area (Å²) in [7, 11) is -3.50. The fourth-order valence-corrected chi connectivity index (χ4v) is 6.18. The molecule has 7 rings (SSSR count). The molecule has 0 radical (unpaired) electrons. The van der Waals surface area contributed by atoms with Crippen LogP contribution in [0.2, 0.25) is 0 Å². The summed E-state index contributed by atoms with van der Waals surface area (Å²) < 4.78 is 83.7. The van der Waals surface area contributed by atoms with E-state index in [1.165, 1.54) is 24.5 Å². The van der Waals surface area contributed by atoms with E-state index >= 15 is 4.39 Å². The number of rotatable bonds is 8. The number of benzene rings is 2. The first-order valence-electron chi connectivity index (χ1n) is 14.2.